The van der Waals surface area contributed by atoms with Crippen molar-refractivity contribution in [2.45, 2.75) is 5.16 Å². The quantitative estimate of drug-likeness (QED) is 0.778. The molecular formula is C15H20N5OS+. The Morgan fingerprint density at radius 3 is 2.77 bits per heavy atom. The van der Waals surface area contributed by atoms with Crippen LogP contribution < -0.4 is 9.88 Å². The second kappa shape index (κ2) is 6.83. The van der Waals surface area contributed by atoms with E-state index in [9.17, 15) is 4.79 Å². The summed E-state index contributed by atoms with van der Waals surface area (Å²) in [5.41, 5.74) is 0. The first-order valence-corrected chi connectivity index (χ1v) is 8.32. The van der Waals surface area contributed by atoms with E-state index in [2.05, 4.69) is 20.9 Å². The second-order valence-electron chi connectivity index (χ2n) is 5.23. The van der Waals surface area contributed by atoms with Gasteiger partial charge in [-0.1, -0.05) is 17.8 Å². The van der Waals surface area contributed by atoms with Crippen LogP contribution in [-0.4, -0.2) is 52.3 Å². The Bertz CT molecular complexity index is 622. The van der Waals surface area contributed by atoms with E-state index in [1.807, 2.05) is 41.0 Å². The van der Waals surface area contributed by atoms with Gasteiger partial charge in [-0.2, -0.15) is 0 Å². The Labute approximate surface area is 134 Å². The lowest BCUT2D eigenvalue weighted by Crippen LogP contribution is -2.50. The van der Waals surface area contributed by atoms with E-state index in [0.29, 0.717) is 5.75 Å². The Hall–Kier alpha value is -2.02. The number of imidazole rings is 1. The number of H-pyrrole nitrogens is 1. The molecule has 0 aliphatic carbocycles. The number of hydrogen-bond donors (Lipinski definition) is 0. The van der Waals surface area contributed by atoms with Crippen LogP contribution in [0.1, 0.15) is 0 Å². The van der Waals surface area contributed by atoms with Crippen molar-refractivity contribution in [1.29, 1.82) is 0 Å². The molecule has 2 aromatic rings. The molecule has 1 amide bonds. The average Bonchev–Trinajstić information content (AvgIpc) is 2.99. The van der Waals surface area contributed by atoms with Gasteiger partial charge in [0.2, 0.25) is 5.91 Å². The predicted octanol–water partition coefficient (Wildman–Crippen LogP) is 0.675. The van der Waals surface area contributed by atoms with E-state index in [4.69, 9.17) is 0 Å². The zero-order chi connectivity index (χ0) is 15.4. The molecule has 1 N–H and O–H groups in total. The lowest BCUT2D eigenvalue weighted by atomic mass is 10.3. The number of aromatic amines is 1. The van der Waals surface area contributed by atoms with E-state index in [0.717, 1.165) is 37.2 Å². The van der Waals surface area contributed by atoms with Crippen molar-refractivity contribution < 1.29 is 9.78 Å². The number of thioether (sulfide) groups is 1. The second-order valence-corrected chi connectivity index (χ2v) is 6.17. The van der Waals surface area contributed by atoms with Crippen molar-refractivity contribution in [3.05, 3.63) is 36.8 Å². The molecule has 116 valence electrons. The number of anilines is 1. The van der Waals surface area contributed by atoms with Crippen LogP contribution >= 0.6 is 11.8 Å². The van der Waals surface area contributed by atoms with Crippen LogP contribution in [0.25, 0.3) is 0 Å². The summed E-state index contributed by atoms with van der Waals surface area (Å²) in [6, 6.07) is 6.05. The van der Waals surface area contributed by atoms with Gasteiger partial charge in [-0.3, -0.25) is 9.69 Å². The van der Waals surface area contributed by atoms with Crippen LogP contribution in [0.15, 0.2) is 41.9 Å². The van der Waals surface area contributed by atoms with Crippen molar-refractivity contribution in [1.82, 2.24) is 14.5 Å². The summed E-state index contributed by atoms with van der Waals surface area (Å²) in [7, 11) is 1.94. The highest BCUT2D eigenvalue weighted by Gasteiger charge is 2.26. The van der Waals surface area contributed by atoms with Gasteiger partial charge in [-0.25, -0.2) is 9.97 Å². The number of nitrogens with one attached hydrogen (secondary N) is 1. The molecule has 22 heavy (non-hydrogen) atoms. The third-order valence-corrected chi connectivity index (χ3v) is 4.81. The van der Waals surface area contributed by atoms with Crippen LogP contribution in [-0.2, 0) is 11.8 Å². The number of hydrogen-bond acceptors (Lipinski definition) is 4. The first kappa shape index (κ1) is 14.9. The van der Waals surface area contributed by atoms with Gasteiger partial charge in [0.1, 0.15) is 13.1 Å². The summed E-state index contributed by atoms with van der Waals surface area (Å²) in [6.07, 6.45) is 5.57. The summed E-state index contributed by atoms with van der Waals surface area (Å²) in [5.74, 6) is 1.74. The number of nitrogens with zero attached hydrogens (tertiary/aromatic N) is 4. The molecular weight excluding hydrogens is 298 g/mol. The monoisotopic (exact) mass is 318 g/mol. The normalized spacial score (nSPS) is 15.1. The molecule has 0 atom stereocenters. The highest BCUT2D eigenvalue weighted by Crippen LogP contribution is 2.16. The van der Waals surface area contributed by atoms with Gasteiger partial charge >= 0.3 is 0 Å². The van der Waals surface area contributed by atoms with Crippen LogP contribution in [0.4, 0.5) is 5.82 Å². The van der Waals surface area contributed by atoms with Gasteiger partial charge in [0.15, 0.2) is 5.16 Å². The molecule has 1 aliphatic rings. The van der Waals surface area contributed by atoms with E-state index >= 15 is 0 Å². The topological polar surface area (TPSA) is 55.5 Å². The number of piperazine rings is 1. The number of carbonyl (C=O) groups is 1. The average molecular weight is 318 g/mol. The van der Waals surface area contributed by atoms with E-state index < -0.39 is 0 Å². The third kappa shape index (κ3) is 3.41. The van der Waals surface area contributed by atoms with Gasteiger partial charge < -0.3 is 9.47 Å². The zero-order valence-electron chi connectivity index (χ0n) is 12.6. The minimum atomic E-state index is 0.185. The molecule has 1 fully saturated rings. The molecule has 0 spiro atoms. The molecule has 7 heteroatoms. The number of pyridine rings is 1. The molecule has 0 unspecified atom stereocenters. The number of aromatic nitrogens is 3. The lowest BCUT2D eigenvalue weighted by molar-refractivity contribution is -0.364. The van der Waals surface area contributed by atoms with Crippen LogP contribution in [0.2, 0.25) is 0 Å². The molecule has 2 aromatic heterocycles. The maximum atomic E-state index is 12.3. The zero-order valence-corrected chi connectivity index (χ0v) is 13.4. The van der Waals surface area contributed by atoms with E-state index in [1.165, 1.54) is 11.8 Å². The van der Waals surface area contributed by atoms with Crippen LogP contribution in [0.5, 0.6) is 0 Å². The molecule has 6 nitrogen and oxygen atoms in total. The van der Waals surface area contributed by atoms with Crippen molar-refractivity contribution in [2.75, 3.05) is 36.8 Å². The largest absolute Gasteiger partial charge is 0.334 e. The molecule has 3 heterocycles. The van der Waals surface area contributed by atoms with Gasteiger partial charge in [0.25, 0.3) is 5.82 Å². The van der Waals surface area contributed by atoms with Gasteiger partial charge in [-0.05, 0) is 6.07 Å². The summed E-state index contributed by atoms with van der Waals surface area (Å²) in [6.45, 7) is 3.25. The molecule has 1 saturated heterocycles. The number of aryl methyl sites for hydroxylation is 1. The highest BCUT2D eigenvalue weighted by molar-refractivity contribution is 7.99. The number of amides is 1. The number of rotatable bonds is 4. The summed E-state index contributed by atoms with van der Waals surface area (Å²) >= 11 is 1.49. The Balaban J connectivity index is 1.49. The van der Waals surface area contributed by atoms with Crippen LogP contribution in [0, 0.1) is 0 Å². The highest BCUT2D eigenvalue weighted by atomic mass is 32.2. The van der Waals surface area contributed by atoms with Gasteiger partial charge in [0, 0.05) is 25.5 Å². The lowest BCUT2D eigenvalue weighted by Gasteiger charge is -2.30. The molecule has 0 radical (unpaired) electrons. The first-order chi connectivity index (χ1) is 10.7. The fourth-order valence-corrected chi connectivity index (χ4v) is 3.32. The standard InChI is InChI=1S/C15H19N5OS/c1-18-7-6-17-15(18)22-12-14(21)20-10-8-19(9-11-20)13-4-2-3-5-16-13/h2-7H,8-12H2,1H3/p+1. The molecule has 3 rings (SSSR count). The van der Waals surface area contributed by atoms with Crippen molar-refractivity contribution in [3.8, 4) is 0 Å². The minimum Gasteiger partial charge on any atom is -0.334 e. The molecule has 0 saturated carbocycles. The van der Waals surface area contributed by atoms with Crippen molar-refractivity contribution in [2.24, 2.45) is 7.05 Å². The SMILES string of the molecule is Cn1ccnc1SCC(=O)N1CCN(c2cccc[nH+]2)CC1. The molecule has 1 aliphatic heterocycles. The Kier molecular flexibility index (Phi) is 4.62. The summed E-state index contributed by atoms with van der Waals surface area (Å²) in [5, 5.41) is 0.880. The predicted molar refractivity (Wildman–Crippen MR) is 85.7 cm³/mol. The van der Waals surface area contributed by atoms with Crippen molar-refractivity contribution in [3.63, 3.8) is 0 Å². The smallest absolute Gasteiger partial charge is 0.274 e. The maximum Gasteiger partial charge on any atom is 0.274 e. The molecule has 0 aromatic carbocycles. The Morgan fingerprint density at radius 1 is 1.32 bits per heavy atom. The fourth-order valence-electron chi connectivity index (χ4n) is 2.49. The number of carbonyl (C=O) groups excluding carboxylic acids is 1. The van der Waals surface area contributed by atoms with Gasteiger partial charge in [0.05, 0.1) is 25.0 Å². The summed E-state index contributed by atoms with van der Waals surface area (Å²) < 4.78 is 1.93. The minimum absolute atomic E-state index is 0.185. The summed E-state index contributed by atoms with van der Waals surface area (Å²) in [4.78, 5) is 24.0. The fraction of sp³-hybridized carbons (Fsp3) is 0.400. The van der Waals surface area contributed by atoms with Gasteiger partial charge in [-0.15, -0.1) is 0 Å². The van der Waals surface area contributed by atoms with E-state index in [-0.39, 0.29) is 5.91 Å². The van der Waals surface area contributed by atoms with E-state index in [1.54, 1.807) is 6.20 Å². The first-order valence-electron chi connectivity index (χ1n) is 7.33. The third-order valence-electron chi connectivity index (χ3n) is 3.77. The Morgan fingerprint density at radius 2 is 2.14 bits per heavy atom. The molecule has 0 bridgehead atoms. The maximum absolute atomic E-state index is 12.3. The van der Waals surface area contributed by atoms with Crippen molar-refractivity contribution >= 4 is 23.5 Å². The van der Waals surface area contributed by atoms with Crippen LogP contribution in [0.3, 0.4) is 0 Å².